The molecule has 0 radical (unpaired) electrons. The van der Waals surface area contributed by atoms with Crippen molar-refractivity contribution in [1.29, 1.82) is 0 Å². The largest absolute Gasteiger partial charge is 0.377 e. The van der Waals surface area contributed by atoms with Gasteiger partial charge in [-0.05, 0) is 44.9 Å². The first-order valence-electron chi connectivity index (χ1n) is 6.37. The number of nitrogens with one attached hydrogen (secondary N) is 1. The van der Waals surface area contributed by atoms with Crippen molar-refractivity contribution in [2.45, 2.75) is 45.8 Å². The van der Waals surface area contributed by atoms with Gasteiger partial charge in [0.2, 0.25) is 0 Å². The van der Waals surface area contributed by atoms with E-state index in [1.54, 1.807) is 7.11 Å². The molecule has 1 aromatic rings. The van der Waals surface area contributed by atoms with Crippen LogP contribution in [0.25, 0.3) is 0 Å². The molecule has 0 aliphatic rings. The van der Waals surface area contributed by atoms with E-state index in [2.05, 4.69) is 57.3 Å². The molecule has 1 aromatic carbocycles. The van der Waals surface area contributed by atoms with Crippen LogP contribution in [-0.4, -0.2) is 19.3 Å². The number of hydrogen-bond donors (Lipinski definition) is 1. The van der Waals surface area contributed by atoms with Gasteiger partial charge in [-0.3, -0.25) is 0 Å². The van der Waals surface area contributed by atoms with E-state index in [-0.39, 0.29) is 11.6 Å². The normalized spacial score (nSPS) is 13.7. The van der Waals surface area contributed by atoms with Crippen LogP contribution >= 0.6 is 0 Å². The fourth-order valence-electron chi connectivity index (χ4n) is 2.05. The zero-order valence-electron chi connectivity index (χ0n) is 11.7. The smallest absolute Gasteiger partial charge is 0.0816 e. The Kier molecular flexibility index (Phi) is 5.16. The first kappa shape index (κ1) is 14.2. The summed E-state index contributed by atoms with van der Waals surface area (Å²) in [5.41, 5.74) is 2.43. The first-order valence-corrected chi connectivity index (χ1v) is 6.37. The summed E-state index contributed by atoms with van der Waals surface area (Å²) in [7, 11) is 1.78. The van der Waals surface area contributed by atoms with Crippen LogP contribution in [0.1, 0.15) is 44.4 Å². The summed E-state index contributed by atoms with van der Waals surface area (Å²) in [6, 6.07) is 8.74. The summed E-state index contributed by atoms with van der Waals surface area (Å²) in [5, 5.41) is 3.59. The Labute approximate surface area is 105 Å². The van der Waals surface area contributed by atoms with Gasteiger partial charge in [0.05, 0.1) is 11.6 Å². The van der Waals surface area contributed by atoms with Gasteiger partial charge in [0.15, 0.2) is 0 Å². The van der Waals surface area contributed by atoms with Gasteiger partial charge in [0, 0.05) is 7.11 Å². The maximum absolute atomic E-state index is 5.64. The third-order valence-electron chi connectivity index (χ3n) is 3.32. The summed E-state index contributed by atoms with van der Waals surface area (Å²) in [5.74, 6) is 0. The summed E-state index contributed by atoms with van der Waals surface area (Å²) in [4.78, 5) is 0. The van der Waals surface area contributed by atoms with E-state index < -0.39 is 0 Å². The highest BCUT2D eigenvalue weighted by molar-refractivity contribution is 5.30. The minimum atomic E-state index is -0.207. The quantitative estimate of drug-likeness (QED) is 0.815. The molecule has 0 spiro atoms. The second-order valence-corrected chi connectivity index (χ2v) is 5.05. The van der Waals surface area contributed by atoms with E-state index in [0.717, 1.165) is 13.0 Å². The molecule has 0 aromatic heterocycles. The lowest BCUT2D eigenvalue weighted by molar-refractivity contribution is -0.0112. The van der Waals surface area contributed by atoms with Crippen LogP contribution < -0.4 is 5.32 Å². The van der Waals surface area contributed by atoms with Crippen molar-refractivity contribution < 1.29 is 4.74 Å². The van der Waals surface area contributed by atoms with Crippen molar-refractivity contribution in [3.8, 4) is 0 Å². The summed E-state index contributed by atoms with van der Waals surface area (Å²) < 4.78 is 5.64. The van der Waals surface area contributed by atoms with Crippen LogP contribution in [0.5, 0.6) is 0 Å². The summed E-state index contributed by atoms with van der Waals surface area (Å²) >= 11 is 0. The molecule has 0 aliphatic carbocycles. The molecule has 2 nitrogen and oxygen atoms in total. The highest BCUT2D eigenvalue weighted by atomic mass is 16.5. The Bertz CT molecular complexity index is 347. The molecule has 1 unspecified atom stereocenters. The fraction of sp³-hybridized carbons (Fsp3) is 0.600. The van der Waals surface area contributed by atoms with Gasteiger partial charge >= 0.3 is 0 Å². The number of rotatable bonds is 6. The van der Waals surface area contributed by atoms with Crippen molar-refractivity contribution in [2.24, 2.45) is 0 Å². The predicted molar refractivity (Wildman–Crippen MR) is 73.3 cm³/mol. The zero-order chi connectivity index (χ0) is 12.9. The molecule has 1 N–H and O–H groups in total. The Hall–Kier alpha value is -0.860. The van der Waals surface area contributed by atoms with E-state index in [0.29, 0.717) is 0 Å². The average molecular weight is 235 g/mol. The molecule has 2 heteroatoms. The second-order valence-electron chi connectivity index (χ2n) is 5.05. The Morgan fingerprint density at radius 2 is 1.94 bits per heavy atom. The molecular weight excluding hydrogens is 210 g/mol. The number of ether oxygens (including phenoxy) is 1. The van der Waals surface area contributed by atoms with Crippen molar-refractivity contribution in [1.82, 2.24) is 5.32 Å². The Morgan fingerprint density at radius 3 is 2.47 bits per heavy atom. The van der Waals surface area contributed by atoms with E-state index >= 15 is 0 Å². The molecule has 1 atom stereocenters. The van der Waals surface area contributed by atoms with Gasteiger partial charge in [0.1, 0.15) is 0 Å². The van der Waals surface area contributed by atoms with E-state index in [1.165, 1.54) is 11.1 Å². The molecule has 1 rings (SSSR count). The average Bonchev–Trinajstić information content (AvgIpc) is 2.31. The lowest BCUT2D eigenvalue weighted by Gasteiger charge is -2.35. The van der Waals surface area contributed by atoms with E-state index in [4.69, 9.17) is 4.74 Å². The van der Waals surface area contributed by atoms with Crippen LogP contribution in [0.2, 0.25) is 0 Å². The Balaban J connectivity index is 3.02. The summed E-state index contributed by atoms with van der Waals surface area (Å²) in [6.45, 7) is 9.61. The topological polar surface area (TPSA) is 21.3 Å². The van der Waals surface area contributed by atoms with Crippen molar-refractivity contribution in [3.63, 3.8) is 0 Å². The molecule has 0 fully saturated rings. The minimum Gasteiger partial charge on any atom is -0.377 e. The van der Waals surface area contributed by atoms with Crippen LogP contribution in [0.4, 0.5) is 0 Å². The third-order valence-corrected chi connectivity index (χ3v) is 3.32. The van der Waals surface area contributed by atoms with Gasteiger partial charge in [-0.2, -0.15) is 0 Å². The fourth-order valence-corrected chi connectivity index (χ4v) is 2.05. The zero-order valence-corrected chi connectivity index (χ0v) is 11.7. The van der Waals surface area contributed by atoms with Crippen molar-refractivity contribution >= 4 is 0 Å². The molecule has 0 aliphatic heterocycles. The van der Waals surface area contributed by atoms with Gasteiger partial charge in [0.25, 0.3) is 0 Å². The van der Waals surface area contributed by atoms with Gasteiger partial charge in [-0.15, -0.1) is 0 Å². The molecule has 0 saturated heterocycles. The molecule has 17 heavy (non-hydrogen) atoms. The van der Waals surface area contributed by atoms with Crippen LogP contribution in [0.3, 0.4) is 0 Å². The van der Waals surface area contributed by atoms with Crippen LogP contribution in [0.15, 0.2) is 24.3 Å². The predicted octanol–water partition coefficient (Wildman–Crippen LogP) is 3.46. The lowest BCUT2D eigenvalue weighted by Crippen LogP contribution is -2.41. The molecule has 96 valence electrons. The number of hydrogen-bond acceptors (Lipinski definition) is 2. The SMILES string of the molecule is CCCNC(c1ccccc1C)C(C)(C)OC. The first-order chi connectivity index (χ1) is 8.03. The van der Waals surface area contributed by atoms with E-state index in [9.17, 15) is 0 Å². The lowest BCUT2D eigenvalue weighted by atomic mass is 9.89. The maximum atomic E-state index is 5.64. The highest BCUT2D eigenvalue weighted by Gasteiger charge is 2.30. The maximum Gasteiger partial charge on any atom is 0.0816 e. The van der Waals surface area contributed by atoms with Gasteiger partial charge in [-0.25, -0.2) is 0 Å². The molecule has 0 saturated carbocycles. The molecule has 0 heterocycles. The standard InChI is InChI=1S/C15H25NO/c1-6-11-16-14(15(3,4)17-5)13-10-8-7-9-12(13)2/h7-10,14,16H,6,11H2,1-5H3. The molecule has 0 amide bonds. The van der Waals surface area contributed by atoms with Gasteiger partial charge < -0.3 is 10.1 Å². The van der Waals surface area contributed by atoms with Crippen LogP contribution in [-0.2, 0) is 4.74 Å². The number of methoxy groups -OCH3 is 1. The molecular formula is C15H25NO. The van der Waals surface area contributed by atoms with Gasteiger partial charge in [-0.1, -0.05) is 31.2 Å². The van der Waals surface area contributed by atoms with Crippen LogP contribution in [0, 0.1) is 6.92 Å². The van der Waals surface area contributed by atoms with Crippen molar-refractivity contribution in [2.75, 3.05) is 13.7 Å². The Morgan fingerprint density at radius 1 is 1.29 bits per heavy atom. The molecule has 0 bridgehead atoms. The third kappa shape index (κ3) is 3.55. The summed E-state index contributed by atoms with van der Waals surface area (Å²) in [6.07, 6.45) is 1.13. The highest BCUT2D eigenvalue weighted by Crippen LogP contribution is 2.30. The van der Waals surface area contributed by atoms with E-state index in [1.807, 2.05) is 0 Å². The number of benzene rings is 1. The monoisotopic (exact) mass is 235 g/mol. The van der Waals surface area contributed by atoms with Crippen molar-refractivity contribution in [3.05, 3.63) is 35.4 Å². The second kappa shape index (κ2) is 6.18. The minimum absolute atomic E-state index is 0.207. The number of aryl methyl sites for hydroxylation is 1.